The molecular weight excluding hydrogens is 470 g/mol. The number of methoxy groups -OCH3 is 1. The zero-order chi connectivity index (χ0) is 25.6. The van der Waals surface area contributed by atoms with E-state index in [4.69, 9.17) is 14.6 Å². The third-order valence-electron chi connectivity index (χ3n) is 6.52. The molecule has 1 fully saturated rings. The van der Waals surface area contributed by atoms with Crippen LogP contribution < -0.4 is 14.8 Å². The van der Waals surface area contributed by atoms with E-state index in [1.54, 1.807) is 31.4 Å². The number of carbonyl (C=O) groups excluding carboxylic acids is 2. The number of hydrogen-bond donors (Lipinski definition) is 1. The maximum atomic E-state index is 13.3. The summed E-state index contributed by atoms with van der Waals surface area (Å²) in [6.07, 6.45) is 10.6. The lowest BCUT2D eigenvalue weighted by Crippen LogP contribution is -2.32. The molecule has 0 atom stereocenters. The molecule has 0 spiro atoms. The van der Waals surface area contributed by atoms with Crippen LogP contribution in [-0.2, 0) is 0 Å². The Kier molecular flexibility index (Phi) is 7.39. The summed E-state index contributed by atoms with van der Waals surface area (Å²) in [6, 6.07) is 12.6. The molecule has 2 amide bonds. The van der Waals surface area contributed by atoms with E-state index in [9.17, 15) is 9.59 Å². The van der Waals surface area contributed by atoms with E-state index in [0.29, 0.717) is 29.3 Å². The Hall–Kier alpha value is -4.27. The van der Waals surface area contributed by atoms with Crippen molar-refractivity contribution in [2.24, 2.45) is 5.10 Å². The van der Waals surface area contributed by atoms with Crippen LogP contribution in [0.5, 0.6) is 11.5 Å². The molecule has 5 rings (SSSR count). The average Bonchev–Trinajstić information content (AvgIpc) is 3.46. The van der Waals surface area contributed by atoms with Crippen LogP contribution in [-0.4, -0.2) is 52.3 Å². The van der Waals surface area contributed by atoms with Crippen molar-refractivity contribution in [3.63, 3.8) is 0 Å². The maximum Gasteiger partial charge on any atom is 0.275 e. The van der Waals surface area contributed by atoms with Gasteiger partial charge in [-0.2, -0.15) is 5.10 Å². The second-order valence-electron chi connectivity index (χ2n) is 9.09. The van der Waals surface area contributed by atoms with Gasteiger partial charge in [0.15, 0.2) is 11.5 Å². The van der Waals surface area contributed by atoms with Gasteiger partial charge in [0.25, 0.3) is 11.8 Å². The fourth-order valence-corrected chi connectivity index (χ4v) is 4.62. The molecule has 2 aromatic carbocycles. The third kappa shape index (κ3) is 5.77. The van der Waals surface area contributed by atoms with E-state index in [-0.39, 0.29) is 17.7 Å². The van der Waals surface area contributed by atoms with Crippen molar-refractivity contribution >= 4 is 23.2 Å². The highest BCUT2D eigenvalue weighted by Gasteiger charge is 2.23. The quantitative estimate of drug-likeness (QED) is 0.505. The minimum absolute atomic E-state index is 0.195. The zero-order valence-electron chi connectivity index (χ0n) is 20.7. The van der Waals surface area contributed by atoms with Crippen LogP contribution in [0.15, 0.2) is 66.2 Å². The van der Waals surface area contributed by atoms with E-state index in [2.05, 4.69) is 15.3 Å². The van der Waals surface area contributed by atoms with Gasteiger partial charge in [-0.05, 0) is 74.9 Å². The third-order valence-corrected chi connectivity index (χ3v) is 6.52. The summed E-state index contributed by atoms with van der Waals surface area (Å²) in [6.45, 7) is 0.514. The molecule has 3 aromatic rings. The molecule has 1 saturated carbocycles. The first-order valence-corrected chi connectivity index (χ1v) is 12.5. The Morgan fingerprint density at radius 2 is 1.89 bits per heavy atom. The fraction of sp³-hybridized carbons (Fsp3) is 0.321. The lowest BCUT2D eigenvalue weighted by molar-refractivity contribution is 0.0751. The molecule has 190 valence electrons. The first-order valence-electron chi connectivity index (χ1n) is 12.5. The summed E-state index contributed by atoms with van der Waals surface area (Å²) < 4.78 is 11.8. The monoisotopic (exact) mass is 499 g/mol. The summed E-state index contributed by atoms with van der Waals surface area (Å²) in [7, 11) is 1.64. The SMILES string of the molecule is COc1ccc(C2=NN(C(=O)c3cccc(NC(=O)c4cnccn4)c3)CCC2)cc1OC1CCCC1. The zero-order valence-corrected chi connectivity index (χ0v) is 20.7. The van der Waals surface area contributed by atoms with Crippen LogP contribution in [0.25, 0.3) is 0 Å². The van der Waals surface area contributed by atoms with E-state index in [1.807, 2.05) is 18.2 Å². The van der Waals surface area contributed by atoms with Crippen molar-refractivity contribution in [1.29, 1.82) is 0 Å². The molecule has 9 nitrogen and oxygen atoms in total. The summed E-state index contributed by atoms with van der Waals surface area (Å²) >= 11 is 0. The summed E-state index contributed by atoms with van der Waals surface area (Å²) in [5, 5.41) is 8.95. The van der Waals surface area contributed by atoms with E-state index >= 15 is 0 Å². The van der Waals surface area contributed by atoms with Crippen molar-refractivity contribution < 1.29 is 19.1 Å². The van der Waals surface area contributed by atoms with Crippen LogP contribution in [0.1, 0.15) is 64.9 Å². The van der Waals surface area contributed by atoms with E-state index in [0.717, 1.165) is 37.0 Å². The van der Waals surface area contributed by atoms with Gasteiger partial charge in [-0.1, -0.05) is 6.07 Å². The van der Waals surface area contributed by atoms with Crippen LogP contribution in [0.3, 0.4) is 0 Å². The molecule has 0 bridgehead atoms. The fourth-order valence-electron chi connectivity index (χ4n) is 4.62. The number of benzene rings is 2. The van der Waals surface area contributed by atoms with Crippen molar-refractivity contribution in [1.82, 2.24) is 15.0 Å². The predicted octanol–water partition coefficient (Wildman–Crippen LogP) is 4.70. The first kappa shape index (κ1) is 24.4. The summed E-state index contributed by atoms with van der Waals surface area (Å²) in [5.41, 5.74) is 2.86. The van der Waals surface area contributed by atoms with Gasteiger partial charge < -0.3 is 14.8 Å². The number of amides is 2. The van der Waals surface area contributed by atoms with E-state index < -0.39 is 5.91 Å². The van der Waals surface area contributed by atoms with Gasteiger partial charge in [0.1, 0.15) is 5.69 Å². The minimum Gasteiger partial charge on any atom is -0.493 e. The molecule has 9 heteroatoms. The maximum absolute atomic E-state index is 13.3. The van der Waals surface area contributed by atoms with Crippen LogP contribution in [0.2, 0.25) is 0 Å². The normalized spacial score (nSPS) is 15.7. The molecule has 37 heavy (non-hydrogen) atoms. The lowest BCUT2D eigenvalue weighted by Gasteiger charge is -2.24. The highest BCUT2D eigenvalue weighted by atomic mass is 16.5. The van der Waals surface area contributed by atoms with Crippen molar-refractivity contribution in [3.05, 3.63) is 77.9 Å². The minimum atomic E-state index is -0.397. The largest absolute Gasteiger partial charge is 0.493 e. The highest BCUT2D eigenvalue weighted by Crippen LogP contribution is 2.33. The van der Waals surface area contributed by atoms with Crippen molar-refractivity contribution in [2.75, 3.05) is 19.0 Å². The van der Waals surface area contributed by atoms with Crippen LogP contribution in [0.4, 0.5) is 5.69 Å². The Balaban J connectivity index is 1.33. The Morgan fingerprint density at radius 1 is 1.03 bits per heavy atom. The number of nitrogens with zero attached hydrogens (tertiary/aromatic N) is 4. The number of ether oxygens (including phenoxy) is 2. The van der Waals surface area contributed by atoms with Gasteiger partial charge >= 0.3 is 0 Å². The number of carbonyl (C=O) groups is 2. The van der Waals surface area contributed by atoms with Gasteiger partial charge in [-0.15, -0.1) is 0 Å². The molecule has 2 heterocycles. The molecule has 1 aromatic heterocycles. The van der Waals surface area contributed by atoms with Gasteiger partial charge in [0.2, 0.25) is 0 Å². The smallest absolute Gasteiger partial charge is 0.275 e. The average molecular weight is 500 g/mol. The molecule has 0 radical (unpaired) electrons. The van der Waals surface area contributed by atoms with Crippen molar-refractivity contribution in [3.8, 4) is 11.5 Å². The Bertz CT molecular complexity index is 1300. The number of anilines is 1. The van der Waals surface area contributed by atoms with Gasteiger partial charge in [-0.3, -0.25) is 14.6 Å². The standard InChI is InChI=1S/C28H29N5O4/c1-36-25-12-11-19(17-26(25)37-22-8-2-3-9-22)23-10-5-15-33(32-23)28(35)20-6-4-7-21(16-20)31-27(34)24-18-29-13-14-30-24/h4,6-7,11-14,16-18,22H,2-3,5,8-10,15H2,1H3,(H,31,34). The first-order chi connectivity index (χ1) is 18.1. The van der Waals surface area contributed by atoms with Gasteiger partial charge in [0, 0.05) is 35.8 Å². The Morgan fingerprint density at radius 3 is 2.68 bits per heavy atom. The van der Waals surface area contributed by atoms with E-state index in [1.165, 1.54) is 36.4 Å². The van der Waals surface area contributed by atoms with Crippen LogP contribution >= 0.6 is 0 Å². The second-order valence-corrected chi connectivity index (χ2v) is 9.09. The molecule has 1 aliphatic carbocycles. The topological polar surface area (TPSA) is 106 Å². The van der Waals surface area contributed by atoms with Crippen LogP contribution in [0, 0.1) is 0 Å². The summed E-state index contributed by atoms with van der Waals surface area (Å²) in [5.74, 6) is 0.778. The highest BCUT2D eigenvalue weighted by molar-refractivity contribution is 6.05. The molecule has 2 aliphatic rings. The second kappa shape index (κ2) is 11.2. The van der Waals surface area contributed by atoms with Gasteiger partial charge in [0.05, 0.1) is 25.1 Å². The van der Waals surface area contributed by atoms with Crippen molar-refractivity contribution in [2.45, 2.75) is 44.6 Å². The lowest BCUT2D eigenvalue weighted by atomic mass is 10.0. The molecule has 0 unspecified atom stereocenters. The molecule has 1 aliphatic heterocycles. The number of rotatable bonds is 7. The Labute approximate surface area is 215 Å². The molecular formula is C28H29N5O4. The van der Waals surface area contributed by atoms with Gasteiger partial charge in [-0.25, -0.2) is 9.99 Å². The predicted molar refractivity (Wildman–Crippen MR) is 139 cm³/mol. The summed E-state index contributed by atoms with van der Waals surface area (Å²) in [4.78, 5) is 33.7. The number of hydrazone groups is 1. The number of nitrogens with one attached hydrogen (secondary N) is 1. The molecule has 1 N–H and O–H groups in total. The molecule has 0 saturated heterocycles. The number of aromatic nitrogens is 2. The number of hydrogen-bond acceptors (Lipinski definition) is 7.